The van der Waals surface area contributed by atoms with E-state index in [0.29, 0.717) is 30.5 Å². The van der Waals surface area contributed by atoms with Crippen LogP contribution in [0.4, 0.5) is 4.79 Å². The lowest BCUT2D eigenvalue weighted by Gasteiger charge is -2.20. The molecule has 0 saturated carbocycles. The van der Waals surface area contributed by atoms with E-state index in [1.165, 1.54) is 0 Å². The van der Waals surface area contributed by atoms with Gasteiger partial charge in [0.2, 0.25) is 0 Å². The van der Waals surface area contributed by atoms with Gasteiger partial charge in [-0.2, -0.15) is 0 Å². The first-order valence-corrected chi connectivity index (χ1v) is 6.40. The van der Waals surface area contributed by atoms with Gasteiger partial charge in [0.15, 0.2) is 11.5 Å². The first kappa shape index (κ1) is 15.1. The van der Waals surface area contributed by atoms with Crippen molar-refractivity contribution in [3.63, 3.8) is 0 Å². The molecule has 1 aromatic rings. The maximum Gasteiger partial charge on any atom is 0.409 e. The summed E-state index contributed by atoms with van der Waals surface area (Å²) in [5, 5.41) is 0. The van der Waals surface area contributed by atoms with Crippen molar-refractivity contribution in [1.82, 2.24) is 0 Å². The van der Waals surface area contributed by atoms with Crippen molar-refractivity contribution in [1.29, 1.82) is 0 Å². The van der Waals surface area contributed by atoms with Crippen LogP contribution in [0.5, 0.6) is 17.2 Å². The molecule has 0 fully saturated rings. The van der Waals surface area contributed by atoms with Gasteiger partial charge in [-0.1, -0.05) is 13.8 Å². The highest BCUT2D eigenvalue weighted by molar-refractivity contribution is 5.70. The van der Waals surface area contributed by atoms with Gasteiger partial charge in [0.05, 0.1) is 13.2 Å². The second kappa shape index (κ2) is 6.87. The molecule has 0 heterocycles. The quantitative estimate of drug-likeness (QED) is 0.859. The minimum Gasteiger partial charge on any atom is -0.490 e. The number of amides is 1. The van der Waals surface area contributed by atoms with Crippen LogP contribution < -0.4 is 19.9 Å². The van der Waals surface area contributed by atoms with E-state index in [-0.39, 0.29) is 5.92 Å². The average molecular weight is 267 g/mol. The van der Waals surface area contributed by atoms with Crippen molar-refractivity contribution < 1.29 is 19.0 Å². The molecule has 0 aliphatic heterocycles. The molecule has 1 amide bonds. The van der Waals surface area contributed by atoms with Crippen LogP contribution in [0.3, 0.4) is 0 Å². The summed E-state index contributed by atoms with van der Waals surface area (Å²) < 4.78 is 16.2. The summed E-state index contributed by atoms with van der Waals surface area (Å²) in [7, 11) is 0. The molecule has 0 saturated heterocycles. The molecule has 0 aliphatic carbocycles. The van der Waals surface area contributed by atoms with Crippen LogP contribution in [0.2, 0.25) is 0 Å². The Morgan fingerprint density at radius 3 is 2.21 bits per heavy atom. The Morgan fingerprint density at radius 2 is 1.74 bits per heavy atom. The second-order valence-electron chi connectivity index (χ2n) is 4.25. The standard InChI is InChI=1S/C14H21NO4/c1-5-17-11-8-7-10(19-14(15)16)12(9(3)4)13(11)18-6-2/h7-9H,5-6H2,1-4H3,(H2,15,16). The van der Waals surface area contributed by atoms with Gasteiger partial charge in [-0.3, -0.25) is 0 Å². The second-order valence-corrected chi connectivity index (χ2v) is 4.25. The van der Waals surface area contributed by atoms with E-state index < -0.39 is 6.09 Å². The topological polar surface area (TPSA) is 70.8 Å². The molecule has 0 radical (unpaired) electrons. The van der Waals surface area contributed by atoms with Gasteiger partial charge in [-0.05, 0) is 31.9 Å². The fraction of sp³-hybridized carbons (Fsp3) is 0.500. The van der Waals surface area contributed by atoms with Crippen LogP contribution >= 0.6 is 0 Å². The Bertz CT molecular complexity index is 443. The van der Waals surface area contributed by atoms with Crippen LogP contribution in [0.25, 0.3) is 0 Å². The lowest BCUT2D eigenvalue weighted by atomic mass is 10.00. The Hall–Kier alpha value is -1.91. The van der Waals surface area contributed by atoms with E-state index in [0.717, 1.165) is 5.56 Å². The number of hydrogen-bond acceptors (Lipinski definition) is 4. The zero-order valence-electron chi connectivity index (χ0n) is 11.9. The summed E-state index contributed by atoms with van der Waals surface area (Å²) in [4.78, 5) is 11.0. The average Bonchev–Trinajstić information content (AvgIpc) is 2.31. The highest BCUT2D eigenvalue weighted by Gasteiger charge is 2.20. The predicted octanol–water partition coefficient (Wildman–Crippen LogP) is 3.06. The molecule has 2 N–H and O–H groups in total. The molecule has 0 aromatic heterocycles. The molecule has 106 valence electrons. The van der Waals surface area contributed by atoms with Crippen LogP contribution in [0, 0.1) is 0 Å². The molecule has 0 spiro atoms. The summed E-state index contributed by atoms with van der Waals surface area (Å²) in [6.07, 6.45) is -0.839. The number of rotatable bonds is 6. The Morgan fingerprint density at radius 1 is 1.16 bits per heavy atom. The molecule has 19 heavy (non-hydrogen) atoms. The smallest absolute Gasteiger partial charge is 0.409 e. The fourth-order valence-electron chi connectivity index (χ4n) is 1.87. The highest BCUT2D eigenvalue weighted by Crippen LogP contribution is 2.42. The first-order chi connectivity index (χ1) is 9.01. The van der Waals surface area contributed by atoms with Crippen molar-refractivity contribution in [3.8, 4) is 17.2 Å². The molecule has 5 nitrogen and oxygen atoms in total. The van der Waals surface area contributed by atoms with E-state index in [4.69, 9.17) is 19.9 Å². The van der Waals surface area contributed by atoms with Gasteiger partial charge in [-0.15, -0.1) is 0 Å². The number of carbonyl (C=O) groups excluding carboxylic acids is 1. The number of nitrogens with two attached hydrogens (primary N) is 1. The predicted molar refractivity (Wildman–Crippen MR) is 73.1 cm³/mol. The molecule has 0 bridgehead atoms. The molecule has 5 heteroatoms. The molecule has 0 atom stereocenters. The van der Waals surface area contributed by atoms with E-state index >= 15 is 0 Å². The van der Waals surface area contributed by atoms with Crippen molar-refractivity contribution in [3.05, 3.63) is 17.7 Å². The zero-order valence-corrected chi connectivity index (χ0v) is 11.9. The SMILES string of the molecule is CCOc1ccc(OC(N)=O)c(C(C)C)c1OCC. The van der Waals surface area contributed by atoms with E-state index in [1.54, 1.807) is 12.1 Å². The number of primary amides is 1. The maximum absolute atomic E-state index is 11.0. The fourth-order valence-corrected chi connectivity index (χ4v) is 1.87. The number of carbonyl (C=O) groups is 1. The third-order valence-electron chi connectivity index (χ3n) is 2.50. The Balaban J connectivity index is 3.34. The van der Waals surface area contributed by atoms with Gasteiger partial charge >= 0.3 is 6.09 Å². The van der Waals surface area contributed by atoms with Crippen LogP contribution in [0.15, 0.2) is 12.1 Å². The van der Waals surface area contributed by atoms with Crippen molar-refractivity contribution in [2.75, 3.05) is 13.2 Å². The summed E-state index contributed by atoms with van der Waals surface area (Å²) in [6.45, 7) is 8.80. The van der Waals surface area contributed by atoms with Gasteiger partial charge in [0, 0.05) is 5.56 Å². The molecule has 0 unspecified atom stereocenters. The van der Waals surface area contributed by atoms with Crippen LogP contribution in [-0.4, -0.2) is 19.3 Å². The van der Waals surface area contributed by atoms with Gasteiger partial charge < -0.3 is 19.9 Å². The minimum atomic E-state index is -0.839. The number of ether oxygens (including phenoxy) is 3. The lowest BCUT2D eigenvalue weighted by molar-refractivity contribution is 0.209. The highest BCUT2D eigenvalue weighted by atomic mass is 16.6. The van der Waals surface area contributed by atoms with Crippen molar-refractivity contribution >= 4 is 6.09 Å². The molecule has 1 rings (SSSR count). The van der Waals surface area contributed by atoms with Crippen LogP contribution in [0.1, 0.15) is 39.2 Å². The largest absolute Gasteiger partial charge is 0.490 e. The van der Waals surface area contributed by atoms with E-state index in [9.17, 15) is 4.79 Å². The molecule has 1 aromatic carbocycles. The first-order valence-electron chi connectivity index (χ1n) is 6.40. The Labute approximate surface area is 113 Å². The van der Waals surface area contributed by atoms with E-state index in [1.807, 2.05) is 27.7 Å². The van der Waals surface area contributed by atoms with Gasteiger partial charge in [-0.25, -0.2) is 4.79 Å². The third kappa shape index (κ3) is 3.77. The Kier molecular flexibility index (Phi) is 5.48. The summed E-state index contributed by atoms with van der Waals surface area (Å²) in [5.41, 5.74) is 5.86. The van der Waals surface area contributed by atoms with Crippen molar-refractivity contribution in [2.24, 2.45) is 5.73 Å². The summed E-state index contributed by atoms with van der Waals surface area (Å²) in [5.74, 6) is 1.77. The molecular formula is C14H21NO4. The maximum atomic E-state index is 11.0. The van der Waals surface area contributed by atoms with Gasteiger partial charge in [0.25, 0.3) is 0 Å². The van der Waals surface area contributed by atoms with Crippen molar-refractivity contribution in [2.45, 2.75) is 33.6 Å². The normalized spacial score (nSPS) is 10.4. The zero-order chi connectivity index (χ0) is 14.4. The summed E-state index contributed by atoms with van der Waals surface area (Å²) in [6, 6.07) is 3.40. The molecule has 0 aliphatic rings. The molecular weight excluding hydrogens is 246 g/mol. The van der Waals surface area contributed by atoms with Crippen LogP contribution in [-0.2, 0) is 0 Å². The van der Waals surface area contributed by atoms with E-state index in [2.05, 4.69) is 0 Å². The lowest BCUT2D eigenvalue weighted by Crippen LogP contribution is -2.18. The number of hydrogen-bond donors (Lipinski definition) is 1. The number of benzene rings is 1. The summed E-state index contributed by atoms with van der Waals surface area (Å²) >= 11 is 0. The van der Waals surface area contributed by atoms with Gasteiger partial charge in [0.1, 0.15) is 5.75 Å². The monoisotopic (exact) mass is 267 g/mol. The minimum absolute atomic E-state index is 0.108. The third-order valence-corrected chi connectivity index (χ3v) is 2.50.